The second kappa shape index (κ2) is 11.1. The molecule has 0 saturated carbocycles. The van der Waals surface area contributed by atoms with Gasteiger partial charge in [-0.1, -0.05) is 13.0 Å². The van der Waals surface area contributed by atoms with Crippen molar-refractivity contribution in [1.82, 2.24) is 20.1 Å². The first kappa shape index (κ1) is 23.0. The third-order valence-corrected chi connectivity index (χ3v) is 4.91. The Morgan fingerprint density at radius 3 is 2.71 bits per heavy atom. The van der Waals surface area contributed by atoms with Crippen LogP contribution < -0.4 is 9.47 Å². The molecule has 4 aromatic rings. The number of amides is 1. The Hall–Kier alpha value is -4.14. The molecular weight excluding hydrogens is 436 g/mol. The van der Waals surface area contributed by atoms with Crippen LogP contribution >= 0.6 is 0 Å². The average molecular weight is 463 g/mol. The van der Waals surface area contributed by atoms with E-state index in [2.05, 4.69) is 15.2 Å². The molecule has 0 atom stereocenters. The molecule has 3 heterocycles. The fourth-order valence-corrected chi connectivity index (χ4v) is 3.36. The number of carbonyl (C=O) groups is 1. The molecule has 0 unspecified atom stereocenters. The number of furan rings is 1. The molecular formula is C25H26N4O5. The van der Waals surface area contributed by atoms with Gasteiger partial charge in [-0.15, -0.1) is 10.2 Å². The Bertz CT molecular complexity index is 1190. The molecule has 9 nitrogen and oxygen atoms in total. The van der Waals surface area contributed by atoms with Crippen LogP contribution in [-0.4, -0.2) is 39.1 Å². The lowest BCUT2D eigenvalue weighted by Crippen LogP contribution is -2.31. The highest BCUT2D eigenvalue weighted by Gasteiger charge is 2.21. The van der Waals surface area contributed by atoms with Crippen LogP contribution in [-0.2, 0) is 13.2 Å². The van der Waals surface area contributed by atoms with E-state index >= 15 is 0 Å². The minimum Gasteiger partial charge on any atom is -0.490 e. The Morgan fingerprint density at radius 2 is 1.97 bits per heavy atom. The van der Waals surface area contributed by atoms with Gasteiger partial charge in [0.1, 0.15) is 6.61 Å². The van der Waals surface area contributed by atoms with Gasteiger partial charge in [0.15, 0.2) is 17.3 Å². The molecule has 1 aromatic carbocycles. The van der Waals surface area contributed by atoms with Gasteiger partial charge in [-0.3, -0.25) is 9.78 Å². The van der Waals surface area contributed by atoms with E-state index in [4.69, 9.17) is 18.3 Å². The maximum Gasteiger partial charge on any atom is 0.283 e. The standard InChI is InChI=1S/C25H26N4O5/c1-3-12-29(16-23-27-28-24(34-23)21-8-6-13-32-21)25(30)19-9-10-20(22(14-19)31-4-2)33-17-18-7-5-11-26-15-18/h5-11,13-15H,3-4,12,16-17H2,1-2H3. The van der Waals surface area contributed by atoms with Crippen molar-refractivity contribution in [1.29, 1.82) is 0 Å². The highest BCUT2D eigenvalue weighted by molar-refractivity contribution is 5.94. The monoisotopic (exact) mass is 462 g/mol. The highest BCUT2D eigenvalue weighted by atomic mass is 16.5. The summed E-state index contributed by atoms with van der Waals surface area (Å²) in [6.07, 6.45) is 5.77. The smallest absolute Gasteiger partial charge is 0.283 e. The van der Waals surface area contributed by atoms with Crippen LogP contribution in [0, 0.1) is 0 Å². The molecule has 1 amide bonds. The molecule has 4 rings (SSSR count). The van der Waals surface area contributed by atoms with E-state index < -0.39 is 0 Å². The van der Waals surface area contributed by atoms with Gasteiger partial charge in [0.25, 0.3) is 11.8 Å². The molecule has 3 aromatic heterocycles. The number of benzene rings is 1. The molecule has 9 heteroatoms. The third-order valence-electron chi connectivity index (χ3n) is 4.91. The van der Waals surface area contributed by atoms with Crippen LogP contribution in [0.3, 0.4) is 0 Å². The lowest BCUT2D eigenvalue weighted by Gasteiger charge is -2.21. The SMILES string of the molecule is CCCN(Cc1nnc(-c2ccco2)o1)C(=O)c1ccc(OCc2cccnc2)c(OCC)c1. The predicted octanol–water partition coefficient (Wildman–Crippen LogP) is 4.75. The topological polar surface area (TPSA) is 104 Å². The lowest BCUT2D eigenvalue weighted by atomic mass is 10.1. The van der Waals surface area contributed by atoms with Gasteiger partial charge >= 0.3 is 0 Å². The van der Waals surface area contributed by atoms with Crippen molar-refractivity contribution >= 4 is 5.91 Å². The molecule has 0 N–H and O–H groups in total. The van der Waals surface area contributed by atoms with E-state index in [1.54, 1.807) is 47.6 Å². The van der Waals surface area contributed by atoms with E-state index in [0.29, 0.717) is 48.5 Å². The summed E-state index contributed by atoms with van der Waals surface area (Å²) >= 11 is 0. The van der Waals surface area contributed by atoms with E-state index in [9.17, 15) is 4.79 Å². The Balaban J connectivity index is 1.50. The minimum atomic E-state index is -0.167. The van der Waals surface area contributed by atoms with Crippen molar-refractivity contribution in [2.75, 3.05) is 13.2 Å². The van der Waals surface area contributed by atoms with Gasteiger partial charge in [-0.25, -0.2) is 0 Å². The molecule has 0 saturated heterocycles. The summed E-state index contributed by atoms with van der Waals surface area (Å²) in [5.41, 5.74) is 1.42. The highest BCUT2D eigenvalue weighted by Crippen LogP contribution is 2.30. The van der Waals surface area contributed by atoms with Gasteiger partial charge in [0, 0.05) is 30.1 Å². The second-order valence-electron chi connectivity index (χ2n) is 7.45. The lowest BCUT2D eigenvalue weighted by molar-refractivity contribution is 0.0728. The number of pyridine rings is 1. The summed E-state index contributed by atoms with van der Waals surface area (Å²) < 4.78 is 22.7. The maximum absolute atomic E-state index is 13.3. The molecule has 0 aliphatic heterocycles. The zero-order valence-electron chi connectivity index (χ0n) is 19.1. The second-order valence-corrected chi connectivity index (χ2v) is 7.45. The molecule has 0 radical (unpaired) electrons. The molecule has 176 valence electrons. The summed E-state index contributed by atoms with van der Waals surface area (Å²) in [5.74, 6) is 1.98. The van der Waals surface area contributed by atoms with Gasteiger partial charge in [-0.05, 0) is 49.7 Å². The summed E-state index contributed by atoms with van der Waals surface area (Å²) in [6.45, 7) is 5.39. The normalized spacial score (nSPS) is 10.8. The number of nitrogens with zero attached hydrogens (tertiary/aromatic N) is 4. The zero-order chi connectivity index (χ0) is 23.8. The predicted molar refractivity (Wildman–Crippen MR) is 123 cm³/mol. The first-order valence-electron chi connectivity index (χ1n) is 11.1. The van der Waals surface area contributed by atoms with Crippen LogP contribution in [0.25, 0.3) is 11.7 Å². The Kier molecular flexibility index (Phi) is 7.54. The van der Waals surface area contributed by atoms with E-state index in [1.807, 2.05) is 26.0 Å². The summed E-state index contributed by atoms with van der Waals surface area (Å²) in [6, 6.07) is 12.4. The van der Waals surface area contributed by atoms with Gasteiger partial charge in [0.2, 0.25) is 5.89 Å². The molecule has 0 aliphatic rings. The zero-order valence-corrected chi connectivity index (χ0v) is 19.1. The Morgan fingerprint density at radius 1 is 1.06 bits per heavy atom. The maximum atomic E-state index is 13.3. The quantitative estimate of drug-likeness (QED) is 0.314. The van der Waals surface area contributed by atoms with E-state index in [1.165, 1.54) is 6.26 Å². The van der Waals surface area contributed by atoms with E-state index in [0.717, 1.165) is 12.0 Å². The van der Waals surface area contributed by atoms with Gasteiger partial charge < -0.3 is 23.2 Å². The number of hydrogen-bond donors (Lipinski definition) is 0. The number of ether oxygens (including phenoxy) is 2. The van der Waals surface area contributed by atoms with Crippen molar-refractivity contribution in [3.8, 4) is 23.1 Å². The van der Waals surface area contributed by atoms with Crippen LogP contribution in [0.5, 0.6) is 11.5 Å². The van der Waals surface area contributed by atoms with E-state index in [-0.39, 0.29) is 18.3 Å². The molecule has 0 aliphatic carbocycles. The summed E-state index contributed by atoms with van der Waals surface area (Å²) in [4.78, 5) is 19.1. The minimum absolute atomic E-state index is 0.167. The Labute approximate surface area is 197 Å². The summed E-state index contributed by atoms with van der Waals surface area (Å²) in [7, 11) is 0. The number of rotatable bonds is 11. The van der Waals surface area contributed by atoms with Crippen LogP contribution in [0.1, 0.15) is 42.1 Å². The number of carbonyl (C=O) groups excluding carboxylic acids is 1. The van der Waals surface area contributed by atoms with Crippen LogP contribution in [0.2, 0.25) is 0 Å². The average Bonchev–Trinajstić information content (AvgIpc) is 3.56. The van der Waals surface area contributed by atoms with Crippen LogP contribution in [0.4, 0.5) is 0 Å². The molecule has 0 bridgehead atoms. The van der Waals surface area contributed by atoms with Crippen molar-refractivity contribution in [2.24, 2.45) is 0 Å². The summed E-state index contributed by atoms with van der Waals surface area (Å²) in [5, 5.41) is 8.07. The fourth-order valence-electron chi connectivity index (χ4n) is 3.36. The molecule has 34 heavy (non-hydrogen) atoms. The molecule has 0 spiro atoms. The van der Waals surface area contributed by atoms with Crippen molar-refractivity contribution in [3.63, 3.8) is 0 Å². The van der Waals surface area contributed by atoms with Gasteiger partial charge in [0.05, 0.1) is 19.4 Å². The van der Waals surface area contributed by atoms with Crippen molar-refractivity contribution < 1.29 is 23.1 Å². The number of hydrogen-bond acceptors (Lipinski definition) is 8. The largest absolute Gasteiger partial charge is 0.490 e. The fraction of sp³-hybridized carbons (Fsp3) is 0.280. The number of aromatic nitrogens is 3. The third kappa shape index (κ3) is 5.61. The first-order valence-corrected chi connectivity index (χ1v) is 11.1. The molecule has 0 fully saturated rings. The van der Waals surface area contributed by atoms with Crippen molar-refractivity contribution in [3.05, 3.63) is 78.1 Å². The van der Waals surface area contributed by atoms with Gasteiger partial charge in [-0.2, -0.15) is 0 Å². The van der Waals surface area contributed by atoms with Crippen molar-refractivity contribution in [2.45, 2.75) is 33.4 Å². The van der Waals surface area contributed by atoms with Crippen LogP contribution in [0.15, 0.2) is 70.0 Å². The first-order chi connectivity index (χ1) is 16.7.